The van der Waals surface area contributed by atoms with Gasteiger partial charge >= 0.3 is 0 Å². The summed E-state index contributed by atoms with van der Waals surface area (Å²) in [6.45, 7) is 4.26. The molecule has 1 heterocycles. The van der Waals surface area contributed by atoms with E-state index in [0.29, 0.717) is 6.04 Å². The Hall–Kier alpha value is -1.29. The van der Waals surface area contributed by atoms with Gasteiger partial charge in [-0.25, -0.2) is 4.98 Å². The lowest BCUT2D eigenvalue weighted by Crippen LogP contribution is -2.14. The summed E-state index contributed by atoms with van der Waals surface area (Å²) in [6, 6.07) is 9.30. The lowest BCUT2D eigenvalue weighted by molar-refractivity contribution is 0.520. The summed E-state index contributed by atoms with van der Waals surface area (Å²) < 4.78 is 3.46. The summed E-state index contributed by atoms with van der Waals surface area (Å²) in [6.07, 6.45) is 7.41. The molecule has 0 amide bonds. The zero-order valence-corrected chi connectivity index (χ0v) is 14.2. The van der Waals surface area contributed by atoms with E-state index in [1.807, 2.05) is 0 Å². The van der Waals surface area contributed by atoms with E-state index in [0.717, 1.165) is 16.1 Å². The van der Waals surface area contributed by atoms with Gasteiger partial charge in [0.25, 0.3) is 0 Å². The minimum atomic E-state index is 0.240. The van der Waals surface area contributed by atoms with E-state index in [1.54, 1.807) is 0 Å². The van der Waals surface area contributed by atoms with Crippen molar-refractivity contribution in [2.45, 2.75) is 51.6 Å². The fourth-order valence-corrected chi connectivity index (χ4v) is 3.55. The molecule has 1 aliphatic rings. The number of nitrogens with zero attached hydrogens (tertiary/aromatic N) is 2. The number of anilines is 1. The third-order valence-corrected chi connectivity index (χ3v) is 4.76. The number of halogens is 1. The van der Waals surface area contributed by atoms with Crippen molar-refractivity contribution in [3.8, 4) is 0 Å². The fourth-order valence-electron chi connectivity index (χ4n) is 3.14. The fraction of sp³-hybridized carbons (Fsp3) is 0.471. The number of nitrogens with one attached hydrogen (secondary N) is 1. The molecule has 0 spiro atoms. The van der Waals surface area contributed by atoms with Crippen LogP contribution in [0.2, 0.25) is 0 Å². The first-order chi connectivity index (χ1) is 10.1. The van der Waals surface area contributed by atoms with Crippen LogP contribution >= 0.6 is 15.9 Å². The summed E-state index contributed by atoms with van der Waals surface area (Å²) in [7, 11) is 0. The van der Waals surface area contributed by atoms with Crippen LogP contribution in [0.15, 0.2) is 34.9 Å². The summed E-state index contributed by atoms with van der Waals surface area (Å²) in [5, 5.41) is 3.58. The maximum absolute atomic E-state index is 4.68. The van der Waals surface area contributed by atoms with Crippen LogP contribution in [0.3, 0.4) is 0 Å². The number of imidazole rings is 1. The molecule has 1 saturated carbocycles. The molecule has 3 rings (SSSR count). The molecule has 0 bridgehead atoms. The second-order valence-corrected chi connectivity index (χ2v) is 6.89. The van der Waals surface area contributed by atoms with Crippen molar-refractivity contribution >= 4 is 21.9 Å². The minimum absolute atomic E-state index is 0.240. The van der Waals surface area contributed by atoms with Gasteiger partial charge in [0, 0.05) is 16.7 Å². The summed E-state index contributed by atoms with van der Waals surface area (Å²) >= 11 is 3.54. The first-order valence-electron chi connectivity index (χ1n) is 7.71. The smallest absolute Gasteiger partial charge is 0.203 e. The first kappa shape index (κ1) is 14.6. The molecule has 1 unspecified atom stereocenters. The molecule has 1 fully saturated rings. The maximum Gasteiger partial charge on any atom is 0.203 e. The molecule has 0 radical (unpaired) electrons. The molecule has 0 saturated heterocycles. The molecule has 3 nitrogen and oxygen atoms in total. The van der Waals surface area contributed by atoms with Crippen molar-refractivity contribution in [1.29, 1.82) is 0 Å². The predicted octanol–water partition coefficient (Wildman–Crippen LogP) is 5.24. The van der Waals surface area contributed by atoms with Crippen LogP contribution < -0.4 is 5.32 Å². The van der Waals surface area contributed by atoms with Crippen molar-refractivity contribution in [3.05, 3.63) is 46.2 Å². The van der Waals surface area contributed by atoms with Crippen LogP contribution in [0, 0.1) is 6.92 Å². The average molecular weight is 348 g/mol. The highest BCUT2D eigenvalue weighted by Gasteiger charge is 2.21. The van der Waals surface area contributed by atoms with Crippen LogP contribution in [0.25, 0.3) is 0 Å². The predicted molar refractivity (Wildman–Crippen MR) is 90.6 cm³/mol. The van der Waals surface area contributed by atoms with Gasteiger partial charge in [-0.1, -0.05) is 40.9 Å². The second kappa shape index (κ2) is 6.22. The van der Waals surface area contributed by atoms with Gasteiger partial charge in [0.2, 0.25) is 5.95 Å². The van der Waals surface area contributed by atoms with E-state index in [-0.39, 0.29) is 6.04 Å². The van der Waals surface area contributed by atoms with Crippen molar-refractivity contribution in [1.82, 2.24) is 9.55 Å². The van der Waals surface area contributed by atoms with Crippen LogP contribution in [-0.2, 0) is 0 Å². The Morgan fingerprint density at radius 2 is 2.10 bits per heavy atom. The molecule has 1 aromatic heterocycles. The molecule has 112 valence electrons. The summed E-state index contributed by atoms with van der Waals surface area (Å²) in [4.78, 5) is 4.68. The molecule has 0 aliphatic heterocycles. The third-order valence-electron chi connectivity index (χ3n) is 4.27. The maximum atomic E-state index is 4.68. The van der Waals surface area contributed by atoms with Crippen molar-refractivity contribution < 1.29 is 0 Å². The molecule has 1 aromatic carbocycles. The van der Waals surface area contributed by atoms with Gasteiger partial charge < -0.3 is 9.88 Å². The van der Waals surface area contributed by atoms with Crippen LogP contribution in [0.5, 0.6) is 0 Å². The van der Waals surface area contributed by atoms with Gasteiger partial charge in [-0.05, 0) is 44.4 Å². The Morgan fingerprint density at radius 3 is 2.81 bits per heavy atom. The Bertz CT molecular complexity index is 614. The lowest BCUT2D eigenvalue weighted by atomic mass is 10.1. The molecule has 1 atom stereocenters. The number of aromatic nitrogens is 2. The summed E-state index contributed by atoms with van der Waals surface area (Å²) in [5.41, 5.74) is 2.36. The molecule has 4 heteroatoms. The van der Waals surface area contributed by atoms with E-state index in [1.165, 1.54) is 31.2 Å². The number of rotatable bonds is 4. The number of benzene rings is 1. The quantitative estimate of drug-likeness (QED) is 0.819. The van der Waals surface area contributed by atoms with Gasteiger partial charge in [-0.15, -0.1) is 0 Å². The van der Waals surface area contributed by atoms with Gasteiger partial charge in [0.1, 0.15) is 0 Å². The molecule has 21 heavy (non-hydrogen) atoms. The van der Waals surface area contributed by atoms with E-state index in [4.69, 9.17) is 0 Å². The first-order valence-corrected chi connectivity index (χ1v) is 8.50. The number of aryl methyl sites for hydroxylation is 1. The highest BCUT2D eigenvalue weighted by molar-refractivity contribution is 9.10. The van der Waals surface area contributed by atoms with Gasteiger partial charge in [-0.2, -0.15) is 0 Å². The molecule has 1 aliphatic carbocycles. The van der Waals surface area contributed by atoms with Crippen molar-refractivity contribution in [2.75, 3.05) is 5.32 Å². The van der Waals surface area contributed by atoms with Crippen LogP contribution in [0.4, 0.5) is 5.95 Å². The number of hydrogen-bond acceptors (Lipinski definition) is 2. The van der Waals surface area contributed by atoms with E-state index in [2.05, 4.69) is 75.1 Å². The molecular weight excluding hydrogens is 326 g/mol. The summed E-state index contributed by atoms with van der Waals surface area (Å²) in [5.74, 6) is 1.01. The van der Waals surface area contributed by atoms with Crippen molar-refractivity contribution in [2.24, 2.45) is 0 Å². The monoisotopic (exact) mass is 347 g/mol. The largest absolute Gasteiger partial charge is 0.349 e. The minimum Gasteiger partial charge on any atom is -0.349 e. The van der Waals surface area contributed by atoms with Gasteiger partial charge in [-0.3, -0.25) is 0 Å². The Kier molecular flexibility index (Phi) is 4.34. The second-order valence-electron chi connectivity index (χ2n) is 5.97. The lowest BCUT2D eigenvalue weighted by Gasteiger charge is -2.19. The van der Waals surface area contributed by atoms with Crippen molar-refractivity contribution in [3.63, 3.8) is 0 Å². The van der Waals surface area contributed by atoms with Crippen LogP contribution in [-0.4, -0.2) is 9.55 Å². The highest BCUT2D eigenvalue weighted by atomic mass is 79.9. The Morgan fingerprint density at radius 1 is 1.33 bits per heavy atom. The molecular formula is C17H22BrN3. The third kappa shape index (κ3) is 3.31. The van der Waals surface area contributed by atoms with Gasteiger partial charge in [0.05, 0.1) is 11.7 Å². The standard InChI is InChI=1S/C17H22BrN3/c1-12-11-21(16-8-3-4-9-16)17(19-12)20-13(2)14-6-5-7-15(18)10-14/h5-7,10-11,13,16H,3-4,8-9H2,1-2H3,(H,19,20). The topological polar surface area (TPSA) is 29.9 Å². The molecule has 2 aromatic rings. The van der Waals surface area contributed by atoms with Crippen LogP contribution in [0.1, 0.15) is 55.9 Å². The van der Waals surface area contributed by atoms with E-state index < -0.39 is 0 Å². The van der Waals surface area contributed by atoms with Gasteiger partial charge in [0.15, 0.2) is 0 Å². The Labute approximate surface area is 134 Å². The van der Waals surface area contributed by atoms with E-state index >= 15 is 0 Å². The Balaban J connectivity index is 1.81. The zero-order valence-electron chi connectivity index (χ0n) is 12.6. The zero-order chi connectivity index (χ0) is 14.8. The average Bonchev–Trinajstić information content (AvgIpc) is 3.08. The number of hydrogen-bond donors (Lipinski definition) is 1. The molecule has 1 N–H and O–H groups in total. The highest BCUT2D eigenvalue weighted by Crippen LogP contribution is 2.33. The SMILES string of the molecule is Cc1cn(C2CCCC2)c(NC(C)c2cccc(Br)c2)n1. The van der Waals surface area contributed by atoms with E-state index in [9.17, 15) is 0 Å². The normalized spacial score (nSPS) is 17.1.